The predicted octanol–water partition coefficient (Wildman–Crippen LogP) is 1.48. The van der Waals surface area contributed by atoms with Gasteiger partial charge in [0.2, 0.25) is 0 Å². The molecule has 0 fully saturated rings. The average molecular weight is 167 g/mol. The molecule has 1 unspecified atom stereocenters. The van der Waals surface area contributed by atoms with E-state index in [0.717, 1.165) is 6.42 Å². The van der Waals surface area contributed by atoms with E-state index in [1.54, 1.807) is 0 Å². The van der Waals surface area contributed by atoms with Crippen molar-refractivity contribution in [1.29, 1.82) is 0 Å². The van der Waals surface area contributed by atoms with Crippen molar-refractivity contribution in [3.63, 3.8) is 0 Å². The number of rotatable bonds is 4. The number of nitrogens with zero attached hydrogens (tertiary/aromatic N) is 2. The Kier molecular flexibility index (Phi) is 3.29. The summed E-state index contributed by atoms with van der Waals surface area (Å²) in [5, 5.41) is 3.29. The van der Waals surface area contributed by atoms with Crippen LogP contribution in [0.2, 0.25) is 0 Å². The maximum Gasteiger partial charge on any atom is 0.0946 e. The third-order valence-corrected chi connectivity index (χ3v) is 2.14. The summed E-state index contributed by atoms with van der Waals surface area (Å²) in [5.41, 5.74) is 1.26. The molecule has 1 heterocycles. The van der Waals surface area contributed by atoms with Crippen LogP contribution in [0.25, 0.3) is 0 Å². The Morgan fingerprint density at radius 1 is 1.67 bits per heavy atom. The van der Waals surface area contributed by atoms with Gasteiger partial charge in [-0.1, -0.05) is 13.3 Å². The van der Waals surface area contributed by atoms with E-state index in [-0.39, 0.29) is 0 Å². The van der Waals surface area contributed by atoms with Gasteiger partial charge in [0.25, 0.3) is 0 Å². The van der Waals surface area contributed by atoms with Crippen LogP contribution in [0, 0.1) is 0 Å². The fourth-order valence-corrected chi connectivity index (χ4v) is 1.43. The first-order valence-electron chi connectivity index (χ1n) is 4.43. The van der Waals surface area contributed by atoms with E-state index in [1.807, 2.05) is 26.6 Å². The SMILES string of the molecule is CCCC(NC)c1cncn1C. The molecule has 68 valence electrons. The van der Waals surface area contributed by atoms with Crippen molar-refractivity contribution in [3.05, 3.63) is 18.2 Å². The lowest BCUT2D eigenvalue weighted by Crippen LogP contribution is -2.18. The third kappa shape index (κ3) is 1.85. The second-order valence-electron chi connectivity index (χ2n) is 3.06. The summed E-state index contributed by atoms with van der Waals surface area (Å²) in [5.74, 6) is 0. The predicted molar refractivity (Wildman–Crippen MR) is 49.9 cm³/mol. The zero-order valence-corrected chi connectivity index (χ0v) is 8.04. The molecule has 0 radical (unpaired) electrons. The van der Waals surface area contributed by atoms with Gasteiger partial charge in [-0.3, -0.25) is 0 Å². The minimum atomic E-state index is 0.447. The molecule has 3 heteroatoms. The molecule has 3 nitrogen and oxygen atoms in total. The highest BCUT2D eigenvalue weighted by Gasteiger charge is 2.10. The van der Waals surface area contributed by atoms with Crippen molar-refractivity contribution in [2.24, 2.45) is 7.05 Å². The van der Waals surface area contributed by atoms with Crippen LogP contribution in [0.3, 0.4) is 0 Å². The lowest BCUT2D eigenvalue weighted by Gasteiger charge is -2.15. The maximum absolute atomic E-state index is 4.10. The molecule has 0 aliphatic rings. The van der Waals surface area contributed by atoms with Crippen LogP contribution >= 0.6 is 0 Å². The number of hydrogen-bond acceptors (Lipinski definition) is 2. The molecule has 12 heavy (non-hydrogen) atoms. The van der Waals surface area contributed by atoms with Crippen molar-refractivity contribution in [2.75, 3.05) is 7.05 Å². The molecule has 1 N–H and O–H groups in total. The molecule has 0 bridgehead atoms. The van der Waals surface area contributed by atoms with E-state index in [4.69, 9.17) is 0 Å². The lowest BCUT2D eigenvalue weighted by molar-refractivity contribution is 0.513. The Balaban J connectivity index is 2.72. The Labute approximate surface area is 73.8 Å². The quantitative estimate of drug-likeness (QED) is 0.736. The van der Waals surface area contributed by atoms with Crippen LogP contribution < -0.4 is 5.32 Å². The van der Waals surface area contributed by atoms with Gasteiger partial charge in [0, 0.05) is 19.3 Å². The Morgan fingerprint density at radius 2 is 2.42 bits per heavy atom. The van der Waals surface area contributed by atoms with Crippen LogP contribution in [0.5, 0.6) is 0 Å². The van der Waals surface area contributed by atoms with Crippen LogP contribution in [-0.4, -0.2) is 16.6 Å². The number of nitrogens with one attached hydrogen (secondary N) is 1. The molecular formula is C9H17N3. The summed E-state index contributed by atoms with van der Waals surface area (Å²) in [6.07, 6.45) is 6.12. The zero-order chi connectivity index (χ0) is 8.97. The third-order valence-electron chi connectivity index (χ3n) is 2.14. The molecule has 0 amide bonds. The molecule has 0 aliphatic heterocycles. The maximum atomic E-state index is 4.10. The normalized spacial score (nSPS) is 13.2. The van der Waals surface area contributed by atoms with Crippen LogP contribution in [0.1, 0.15) is 31.5 Å². The summed E-state index contributed by atoms with van der Waals surface area (Å²) >= 11 is 0. The van der Waals surface area contributed by atoms with E-state index < -0.39 is 0 Å². The minimum Gasteiger partial charge on any atom is -0.336 e. The van der Waals surface area contributed by atoms with Crippen LogP contribution in [-0.2, 0) is 7.05 Å². The summed E-state index contributed by atoms with van der Waals surface area (Å²) in [4.78, 5) is 4.10. The zero-order valence-electron chi connectivity index (χ0n) is 8.04. The van der Waals surface area contributed by atoms with Crippen molar-refractivity contribution < 1.29 is 0 Å². The largest absolute Gasteiger partial charge is 0.336 e. The second kappa shape index (κ2) is 4.26. The van der Waals surface area contributed by atoms with Crippen molar-refractivity contribution >= 4 is 0 Å². The number of aromatic nitrogens is 2. The van der Waals surface area contributed by atoms with Gasteiger partial charge in [-0.2, -0.15) is 0 Å². The molecule has 0 aromatic carbocycles. The smallest absolute Gasteiger partial charge is 0.0946 e. The van der Waals surface area contributed by atoms with Gasteiger partial charge in [0.15, 0.2) is 0 Å². The first kappa shape index (κ1) is 9.26. The van der Waals surface area contributed by atoms with E-state index in [9.17, 15) is 0 Å². The first-order valence-corrected chi connectivity index (χ1v) is 4.43. The molecule has 0 saturated heterocycles. The highest BCUT2D eigenvalue weighted by molar-refractivity contribution is 5.04. The highest BCUT2D eigenvalue weighted by atomic mass is 15.1. The van der Waals surface area contributed by atoms with Gasteiger partial charge in [-0.25, -0.2) is 4.98 Å². The molecule has 0 aliphatic carbocycles. The van der Waals surface area contributed by atoms with Crippen molar-refractivity contribution in [2.45, 2.75) is 25.8 Å². The molecule has 1 atom stereocenters. The Hall–Kier alpha value is -0.830. The van der Waals surface area contributed by atoms with Gasteiger partial charge in [-0.15, -0.1) is 0 Å². The van der Waals surface area contributed by atoms with Gasteiger partial charge in [-0.05, 0) is 13.5 Å². The molecule has 1 aromatic rings. The van der Waals surface area contributed by atoms with Gasteiger partial charge >= 0.3 is 0 Å². The Morgan fingerprint density at radius 3 is 2.83 bits per heavy atom. The fraction of sp³-hybridized carbons (Fsp3) is 0.667. The lowest BCUT2D eigenvalue weighted by atomic mass is 10.1. The minimum absolute atomic E-state index is 0.447. The molecule has 1 rings (SSSR count). The summed E-state index contributed by atoms with van der Waals surface area (Å²) in [6.45, 7) is 2.20. The molecule has 1 aromatic heterocycles. The molecule has 0 spiro atoms. The van der Waals surface area contributed by atoms with Crippen molar-refractivity contribution in [1.82, 2.24) is 14.9 Å². The standard InChI is InChI=1S/C9H17N3/c1-4-5-8(10-2)9-6-11-7-12(9)3/h6-8,10H,4-5H2,1-3H3. The number of hydrogen-bond donors (Lipinski definition) is 1. The topological polar surface area (TPSA) is 29.9 Å². The number of imidazole rings is 1. The van der Waals surface area contributed by atoms with Crippen LogP contribution in [0.15, 0.2) is 12.5 Å². The van der Waals surface area contributed by atoms with E-state index in [2.05, 4.69) is 21.8 Å². The summed E-state index contributed by atoms with van der Waals surface area (Å²) in [7, 11) is 4.02. The van der Waals surface area contributed by atoms with Gasteiger partial charge < -0.3 is 9.88 Å². The van der Waals surface area contributed by atoms with Crippen molar-refractivity contribution in [3.8, 4) is 0 Å². The van der Waals surface area contributed by atoms with Crippen LogP contribution in [0.4, 0.5) is 0 Å². The summed E-state index contributed by atoms with van der Waals surface area (Å²) in [6, 6.07) is 0.447. The molecular weight excluding hydrogens is 150 g/mol. The first-order chi connectivity index (χ1) is 5.79. The number of aryl methyl sites for hydroxylation is 1. The van der Waals surface area contributed by atoms with E-state index in [0.29, 0.717) is 6.04 Å². The highest BCUT2D eigenvalue weighted by Crippen LogP contribution is 2.16. The van der Waals surface area contributed by atoms with Gasteiger partial charge in [0.05, 0.1) is 12.0 Å². The summed E-state index contributed by atoms with van der Waals surface area (Å²) < 4.78 is 2.07. The van der Waals surface area contributed by atoms with E-state index in [1.165, 1.54) is 12.1 Å². The average Bonchev–Trinajstić information content (AvgIpc) is 2.47. The monoisotopic (exact) mass is 167 g/mol. The van der Waals surface area contributed by atoms with E-state index >= 15 is 0 Å². The second-order valence-corrected chi connectivity index (χ2v) is 3.06. The van der Waals surface area contributed by atoms with Gasteiger partial charge in [0.1, 0.15) is 0 Å². The fourth-order valence-electron chi connectivity index (χ4n) is 1.43. The Bertz CT molecular complexity index is 229. The molecule has 0 saturated carbocycles.